The zero-order valence-corrected chi connectivity index (χ0v) is 7.50. The zero-order valence-electron chi connectivity index (χ0n) is 7.50. The highest BCUT2D eigenvalue weighted by atomic mass is 16.4. The van der Waals surface area contributed by atoms with Gasteiger partial charge in [0.1, 0.15) is 0 Å². The van der Waals surface area contributed by atoms with Crippen molar-refractivity contribution in [3.05, 3.63) is 17.0 Å². The predicted molar refractivity (Wildman–Crippen MR) is 46.7 cm³/mol. The number of carboxylic acid groups (broad SMARTS) is 1. The first-order chi connectivity index (χ1) is 6.18. The lowest BCUT2D eigenvalue weighted by Gasteiger charge is -2.17. The molecule has 1 aromatic heterocycles. The van der Waals surface area contributed by atoms with Crippen molar-refractivity contribution in [2.45, 2.75) is 26.2 Å². The molecule has 2 N–H and O–H groups in total. The maximum absolute atomic E-state index is 10.8. The van der Waals surface area contributed by atoms with Crippen LogP contribution in [0.3, 0.4) is 0 Å². The second kappa shape index (κ2) is 2.87. The van der Waals surface area contributed by atoms with Crippen LogP contribution in [0.25, 0.3) is 0 Å². The van der Waals surface area contributed by atoms with Crippen LogP contribution in [-0.4, -0.2) is 21.3 Å². The molecule has 1 aromatic rings. The minimum atomic E-state index is -0.924. The molecule has 1 atom stereocenters. The van der Waals surface area contributed by atoms with E-state index in [0.717, 1.165) is 30.5 Å². The number of aromatic carboxylic acids is 1. The number of hydrogen-bond acceptors (Lipinski definition) is 2. The first-order valence-corrected chi connectivity index (χ1v) is 4.48. The molecule has 13 heavy (non-hydrogen) atoms. The van der Waals surface area contributed by atoms with E-state index in [9.17, 15) is 4.79 Å². The molecule has 0 unspecified atom stereocenters. The first-order valence-electron chi connectivity index (χ1n) is 4.48. The average Bonchev–Trinajstić information content (AvgIpc) is 2.46. The van der Waals surface area contributed by atoms with E-state index in [1.54, 1.807) is 0 Å². The van der Waals surface area contributed by atoms with Gasteiger partial charge < -0.3 is 5.11 Å². The monoisotopic (exact) mass is 180 g/mol. The average molecular weight is 180 g/mol. The summed E-state index contributed by atoms with van der Waals surface area (Å²) in [4.78, 5) is 10.8. The van der Waals surface area contributed by atoms with Gasteiger partial charge in [0.15, 0.2) is 5.69 Å². The van der Waals surface area contributed by atoms with E-state index in [4.69, 9.17) is 5.11 Å². The molecule has 0 bridgehead atoms. The van der Waals surface area contributed by atoms with Crippen molar-refractivity contribution in [1.29, 1.82) is 0 Å². The summed E-state index contributed by atoms with van der Waals surface area (Å²) in [5.41, 5.74) is 2.13. The number of nitrogens with zero attached hydrogens (tertiary/aromatic N) is 1. The summed E-state index contributed by atoms with van der Waals surface area (Å²) in [7, 11) is 0. The van der Waals surface area contributed by atoms with Crippen LogP contribution in [0.1, 0.15) is 35.1 Å². The van der Waals surface area contributed by atoms with Crippen LogP contribution >= 0.6 is 0 Å². The number of rotatable bonds is 1. The Hall–Kier alpha value is -1.32. The van der Waals surface area contributed by atoms with E-state index < -0.39 is 5.97 Å². The van der Waals surface area contributed by atoms with E-state index in [1.807, 2.05) is 0 Å². The van der Waals surface area contributed by atoms with Crippen LogP contribution in [0.15, 0.2) is 0 Å². The molecule has 0 aromatic carbocycles. The number of carbonyl (C=O) groups is 1. The topological polar surface area (TPSA) is 66.0 Å². The van der Waals surface area contributed by atoms with Gasteiger partial charge in [0, 0.05) is 11.3 Å². The van der Waals surface area contributed by atoms with Crippen molar-refractivity contribution >= 4 is 5.97 Å². The molecule has 1 heterocycles. The van der Waals surface area contributed by atoms with Gasteiger partial charge in [0.05, 0.1) is 0 Å². The number of hydrogen-bond donors (Lipinski definition) is 2. The van der Waals surface area contributed by atoms with Crippen molar-refractivity contribution in [1.82, 2.24) is 10.2 Å². The van der Waals surface area contributed by atoms with Crippen LogP contribution in [0.5, 0.6) is 0 Å². The number of carboxylic acids is 1. The van der Waals surface area contributed by atoms with Crippen molar-refractivity contribution in [2.24, 2.45) is 5.92 Å². The summed E-state index contributed by atoms with van der Waals surface area (Å²) in [6.07, 6.45) is 2.89. The summed E-state index contributed by atoms with van der Waals surface area (Å²) in [5, 5.41) is 15.4. The van der Waals surface area contributed by atoms with Gasteiger partial charge >= 0.3 is 5.97 Å². The lowest BCUT2D eigenvalue weighted by molar-refractivity contribution is 0.0689. The Morgan fingerprint density at radius 2 is 2.46 bits per heavy atom. The summed E-state index contributed by atoms with van der Waals surface area (Å²) in [5.74, 6) is -0.352. The van der Waals surface area contributed by atoms with Gasteiger partial charge in [-0.15, -0.1) is 0 Å². The van der Waals surface area contributed by atoms with E-state index in [2.05, 4.69) is 17.1 Å². The Labute approximate surface area is 76.0 Å². The van der Waals surface area contributed by atoms with Crippen LogP contribution in [0, 0.1) is 5.92 Å². The molecule has 1 aliphatic rings. The van der Waals surface area contributed by atoms with Crippen molar-refractivity contribution in [3.63, 3.8) is 0 Å². The SMILES string of the molecule is C[C@H]1CCc2[nH]nc(C(=O)O)c2C1. The molecule has 0 spiro atoms. The Bertz CT molecular complexity index is 343. The molecular formula is C9H12N2O2. The van der Waals surface area contributed by atoms with Gasteiger partial charge in [-0.2, -0.15) is 5.10 Å². The largest absolute Gasteiger partial charge is 0.476 e. The third-order valence-corrected chi connectivity index (χ3v) is 2.60. The van der Waals surface area contributed by atoms with Gasteiger partial charge in [-0.05, 0) is 25.2 Å². The third-order valence-electron chi connectivity index (χ3n) is 2.60. The molecule has 4 heteroatoms. The third kappa shape index (κ3) is 1.32. The summed E-state index contributed by atoms with van der Waals surface area (Å²) >= 11 is 0. The van der Waals surface area contributed by atoms with Gasteiger partial charge in [-0.3, -0.25) is 5.10 Å². The zero-order chi connectivity index (χ0) is 9.42. The van der Waals surface area contributed by atoms with Crippen molar-refractivity contribution in [2.75, 3.05) is 0 Å². The quantitative estimate of drug-likeness (QED) is 0.683. The number of nitrogens with one attached hydrogen (secondary N) is 1. The van der Waals surface area contributed by atoms with E-state index >= 15 is 0 Å². The Morgan fingerprint density at radius 1 is 1.69 bits per heavy atom. The van der Waals surface area contributed by atoms with Crippen LogP contribution in [-0.2, 0) is 12.8 Å². The number of H-pyrrole nitrogens is 1. The first kappa shape index (κ1) is 8.29. The second-order valence-electron chi connectivity index (χ2n) is 3.68. The summed E-state index contributed by atoms with van der Waals surface area (Å²) < 4.78 is 0. The van der Waals surface area contributed by atoms with Crippen LogP contribution in [0.2, 0.25) is 0 Å². The minimum Gasteiger partial charge on any atom is -0.476 e. The predicted octanol–water partition coefficient (Wildman–Crippen LogP) is 1.23. The van der Waals surface area contributed by atoms with Crippen LogP contribution in [0.4, 0.5) is 0 Å². The fourth-order valence-corrected chi connectivity index (χ4v) is 1.85. The Balaban J connectivity index is 2.41. The lowest BCUT2D eigenvalue weighted by Crippen LogP contribution is -2.13. The van der Waals surface area contributed by atoms with Gasteiger partial charge in [-0.25, -0.2) is 4.79 Å². The van der Waals surface area contributed by atoms with E-state index in [-0.39, 0.29) is 5.69 Å². The highest BCUT2D eigenvalue weighted by Gasteiger charge is 2.24. The molecule has 0 aliphatic heterocycles. The van der Waals surface area contributed by atoms with Crippen molar-refractivity contribution < 1.29 is 9.90 Å². The Morgan fingerprint density at radius 3 is 3.15 bits per heavy atom. The number of aryl methyl sites for hydroxylation is 1. The van der Waals surface area contributed by atoms with Gasteiger partial charge in [0.25, 0.3) is 0 Å². The molecule has 0 saturated carbocycles. The normalized spacial score (nSPS) is 21.2. The van der Waals surface area contributed by atoms with E-state index in [1.165, 1.54) is 0 Å². The highest BCUT2D eigenvalue weighted by molar-refractivity contribution is 5.87. The highest BCUT2D eigenvalue weighted by Crippen LogP contribution is 2.25. The van der Waals surface area contributed by atoms with E-state index in [0.29, 0.717) is 5.92 Å². The molecule has 1 aliphatic carbocycles. The maximum Gasteiger partial charge on any atom is 0.356 e. The molecule has 0 amide bonds. The summed E-state index contributed by atoms with van der Waals surface area (Å²) in [6.45, 7) is 2.14. The molecule has 2 rings (SSSR count). The molecule has 0 radical (unpaired) electrons. The standard InChI is InChI=1S/C9H12N2O2/c1-5-2-3-7-6(4-5)8(9(12)13)11-10-7/h5H,2-4H2,1H3,(H,10,11)(H,12,13)/t5-/m0/s1. The number of aromatic amines is 1. The molecule has 70 valence electrons. The van der Waals surface area contributed by atoms with Gasteiger partial charge in [-0.1, -0.05) is 6.92 Å². The lowest BCUT2D eigenvalue weighted by atomic mass is 9.88. The summed E-state index contributed by atoms with van der Waals surface area (Å²) in [6, 6.07) is 0. The Kier molecular flexibility index (Phi) is 1.83. The van der Waals surface area contributed by atoms with Gasteiger partial charge in [0.2, 0.25) is 0 Å². The fourth-order valence-electron chi connectivity index (χ4n) is 1.85. The second-order valence-corrected chi connectivity index (χ2v) is 3.68. The van der Waals surface area contributed by atoms with Crippen LogP contribution < -0.4 is 0 Å². The smallest absolute Gasteiger partial charge is 0.356 e. The number of aromatic nitrogens is 2. The maximum atomic E-state index is 10.8. The molecule has 4 nitrogen and oxygen atoms in total. The number of fused-ring (bicyclic) bond motifs is 1. The molecule has 0 saturated heterocycles. The fraction of sp³-hybridized carbons (Fsp3) is 0.556. The molecular weight excluding hydrogens is 168 g/mol. The molecule has 0 fully saturated rings. The minimum absolute atomic E-state index is 0.210. The van der Waals surface area contributed by atoms with Crippen molar-refractivity contribution in [3.8, 4) is 0 Å².